The third kappa shape index (κ3) is 3.35. The third-order valence-corrected chi connectivity index (χ3v) is 2.56. The minimum Gasteiger partial charge on any atom is -0.370 e. The van der Waals surface area contributed by atoms with Gasteiger partial charge in [-0.25, -0.2) is 0 Å². The van der Waals surface area contributed by atoms with Crippen molar-refractivity contribution in [2.75, 3.05) is 0 Å². The van der Waals surface area contributed by atoms with E-state index in [1.54, 1.807) is 12.4 Å². The molecule has 3 nitrogen and oxygen atoms in total. The Morgan fingerprint density at radius 2 is 1.93 bits per heavy atom. The fraction of sp³-hybridized carbons (Fsp3) is 0.500. The van der Waals surface area contributed by atoms with Gasteiger partial charge in [0.25, 0.3) is 0 Å². The Morgan fingerprint density at radius 1 is 1.40 bits per heavy atom. The molecule has 1 rings (SSSR count). The molecule has 15 heavy (non-hydrogen) atoms. The van der Waals surface area contributed by atoms with Gasteiger partial charge in [-0.2, -0.15) is 0 Å². The van der Waals surface area contributed by atoms with Gasteiger partial charge in [-0.05, 0) is 29.0 Å². The molecule has 1 amide bonds. The Labute approximate surface area is 90.7 Å². The van der Waals surface area contributed by atoms with E-state index in [4.69, 9.17) is 5.73 Å². The Kier molecular flexibility index (Phi) is 3.45. The molecule has 3 heteroatoms. The van der Waals surface area contributed by atoms with Crippen molar-refractivity contribution in [3.63, 3.8) is 0 Å². The number of carbonyl (C=O) groups is 1. The fourth-order valence-electron chi connectivity index (χ4n) is 1.72. The lowest BCUT2D eigenvalue weighted by molar-refractivity contribution is -0.118. The van der Waals surface area contributed by atoms with Gasteiger partial charge >= 0.3 is 0 Å². The predicted octanol–water partition coefficient (Wildman–Crippen LogP) is 2.09. The molecule has 0 aliphatic carbocycles. The van der Waals surface area contributed by atoms with Crippen LogP contribution >= 0.6 is 0 Å². The van der Waals surface area contributed by atoms with Crippen LogP contribution in [0.3, 0.4) is 0 Å². The van der Waals surface area contributed by atoms with Gasteiger partial charge in [-0.15, -0.1) is 0 Å². The van der Waals surface area contributed by atoms with E-state index in [0.29, 0.717) is 6.42 Å². The SMILES string of the molecule is CC(C)(C)C(CC(N)=O)c1ccncc1. The Balaban J connectivity index is 2.97. The maximum Gasteiger partial charge on any atom is 0.218 e. The third-order valence-electron chi connectivity index (χ3n) is 2.56. The van der Waals surface area contributed by atoms with Crippen LogP contribution in [0, 0.1) is 5.41 Å². The molecule has 0 radical (unpaired) electrons. The largest absolute Gasteiger partial charge is 0.370 e. The zero-order valence-electron chi connectivity index (χ0n) is 9.53. The van der Waals surface area contributed by atoms with Crippen molar-refractivity contribution in [3.05, 3.63) is 30.1 Å². The van der Waals surface area contributed by atoms with Gasteiger partial charge in [0, 0.05) is 18.8 Å². The molecule has 0 fully saturated rings. The molecule has 1 atom stereocenters. The van der Waals surface area contributed by atoms with Crippen LogP contribution in [0.2, 0.25) is 0 Å². The molecule has 0 saturated heterocycles. The van der Waals surface area contributed by atoms with Gasteiger partial charge in [-0.1, -0.05) is 20.8 Å². The Bertz CT molecular complexity index is 327. The molecule has 0 spiro atoms. The maximum atomic E-state index is 11.0. The number of nitrogens with two attached hydrogens (primary N) is 1. The Morgan fingerprint density at radius 3 is 2.33 bits per heavy atom. The minimum atomic E-state index is -0.258. The number of hydrogen-bond donors (Lipinski definition) is 1. The number of nitrogens with zero attached hydrogens (tertiary/aromatic N) is 1. The van der Waals surface area contributed by atoms with E-state index >= 15 is 0 Å². The lowest BCUT2D eigenvalue weighted by Gasteiger charge is -2.30. The van der Waals surface area contributed by atoms with Crippen molar-refractivity contribution in [2.24, 2.45) is 11.1 Å². The molecule has 1 heterocycles. The molecule has 0 aliphatic rings. The van der Waals surface area contributed by atoms with Crippen molar-refractivity contribution < 1.29 is 4.79 Å². The first-order valence-electron chi connectivity index (χ1n) is 5.09. The van der Waals surface area contributed by atoms with Crippen molar-refractivity contribution in [3.8, 4) is 0 Å². The second-order valence-corrected chi connectivity index (χ2v) is 4.87. The van der Waals surface area contributed by atoms with Crippen LogP contribution in [-0.2, 0) is 4.79 Å². The van der Waals surface area contributed by atoms with E-state index < -0.39 is 0 Å². The summed E-state index contributed by atoms with van der Waals surface area (Å²) in [6, 6.07) is 3.89. The molecule has 2 N–H and O–H groups in total. The highest BCUT2D eigenvalue weighted by Crippen LogP contribution is 2.37. The summed E-state index contributed by atoms with van der Waals surface area (Å²) in [6.07, 6.45) is 3.87. The summed E-state index contributed by atoms with van der Waals surface area (Å²) in [7, 11) is 0. The van der Waals surface area contributed by atoms with Crippen LogP contribution in [0.4, 0.5) is 0 Å². The monoisotopic (exact) mass is 206 g/mol. The number of hydrogen-bond acceptors (Lipinski definition) is 2. The van der Waals surface area contributed by atoms with E-state index in [1.165, 1.54) is 0 Å². The van der Waals surface area contributed by atoms with Crippen LogP contribution in [0.1, 0.15) is 38.7 Å². The zero-order chi connectivity index (χ0) is 11.5. The summed E-state index contributed by atoms with van der Waals surface area (Å²) in [5.74, 6) is -0.107. The molecule has 1 aromatic heterocycles. The van der Waals surface area contributed by atoms with E-state index in [-0.39, 0.29) is 17.2 Å². The number of carbonyl (C=O) groups excluding carboxylic acids is 1. The van der Waals surface area contributed by atoms with Crippen LogP contribution in [0.25, 0.3) is 0 Å². The summed E-state index contributed by atoms with van der Waals surface area (Å²) in [5, 5.41) is 0. The summed E-state index contributed by atoms with van der Waals surface area (Å²) in [6.45, 7) is 6.34. The van der Waals surface area contributed by atoms with Crippen LogP contribution in [0.5, 0.6) is 0 Å². The van der Waals surface area contributed by atoms with E-state index in [2.05, 4.69) is 25.8 Å². The van der Waals surface area contributed by atoms with Crippen molar-refractivity contribution in [1.29, 1.82) is 0 Å². The fourth-order valence-corrected chi connectivity index (χ4v) is 1.72. The molecule has 0 saturated carbocycles. The first-order valence-corrected chi connectivity index (χ1v) is 5.09. The maximum absolute atomic E-state index is 11.0. The average Bonchev–Trinajstić information content (AvgIpc) is 2.14. The van der Waals surface area contributed by atoms with E-state index in [0.717, 1.165) is 5.56 Å². The van der Waals surface area contributed by atoms with Crippen LogP contribution in [0.15, 0.2) is 24.5 Å². The average molecular weight is 206 g/mol. The van der Waals surface area contributed by atoms with Gasteiger partial charge in [0.15, 0.2) is 0 Å². The molecular formula is C12H18N2O. The molecule has 0 bridgehead atoms. The molecule has 0 aliphatic heterocycles. The van der Waals surface area contributed by atoms with Gasteiger partial charge < -0.3 is 5.73 Å². The molecule has 0 aromatic carbocycles. The quantitative estimate of drug-likeness (QED) is 0.823. The van der Waals surface area contributed by atoms with E-state index in [1.807, 2.05) is 12.1 Å². The molecule has 82 valence electrons. The van der Waals surface area contributed by atoms with Gasteiger partial charge in [0.2, 0.25) is 5.91 Å². The number of primary amides is 1. The highest BCUT2D eigenvalue weighted by molar-refractivity contribution is 5.74. The summed E-state index contributed by atoms with van der Waals surface area (Å²) >= 11 is 0. The minimum absolute atomic E-state index is 0.0242. The first kappa shape index (κ1) is 11.7. The highest BCUT2D eigenvalue weighted by Gasteiger charge is 2.27. The van der Waals surface area contributed by atoms with E-state index in [9.17, 15) is 4.79 Å². The number of pyridine rings is 1. The zero-order valence-corrected chi connectivity index (χ0v) is 9.53. The highest BCUT2D eigenvalue weighted by atomic mass is 16.1. The number of rotatable bonds is 3. The number of aromatic nitrogens is 1. The lowest BCUT2D eigenvalue weighted by Crippen LogP contribution is -2.24. The second-order valence-electron chi connectivity index (χ2n) is 4.87. The topological polar surface area (TPSA) is 56.0 Å². The van der Waals surface area contributed by atoms with Gasteiger partial charge in [-0.3, -0.25) is 9.78 Å². The van der Waals surface area contributed by atoms with Gasteiger partial charge in [0.1, 0.15) is 0 Å². The van der Waals surface area contributed by atoms with Crippen LogP contribution < -0.4 is 5.73 Å². The van der Waals surface area contributed by atoms with Crippen molar-refractivity contribution >= 4 is 5.91 Å². The van der Waals surface area contributed by atoms with Gasteiger partial charge in [0.05, 0.1) is 0 Å². The summed E-state index contributed by atoms with van der Waals surface area (Å²) in [5.41, 5.74) is 6.42. The normalized spacial score (nSPS) is 13.5. The lowest BCUT2D eigenvalue weighted by atomic mass is 9.75. The summed E-state index contributed by atoms with van der Waals surface area (Å²) < 4.78 is 0. The smallest absolute Gasteiger partial charge is 0.218 e. The molecule has 1 unspecified atom stereocenters. The summed E-state index contributed by atoms with van der Waals surface area (Å²) in [4.78, 5) is 15.0. The number of amides is 1. The Hall–Kier alpha value is -1.38. The molecular weight excluding hydrogens is 188 g/mol. The standard InChI is InChI=1S/C12H18N2O/c1-12(2,3)10(8-11(13)15)9-4-6-14-7-5-9/h4-7,10H,8H2,1-3H3,(H2,13,15). The van der Waals surface area contributed by atoms with Crippen molar-refractivity contribution in [1.82, 2.24) is 4.98 Å². The first-order chi connectivity index (χ1) is 6.91. The second kappa shape index (κ2) is 4.43. The van der Waals surface area contributed by atoms with Crippen LogP contribution in [-0.4, -0.2) is 10.9 Å². The van der Waals surface area contributed by atoms with Crippen molar-refractivity contribution in [2.45, 2.75) is 33.1 Å². The molecule has 1 aromatic rings. The predicted molar refractivity (Wildman–Crippen MR) is 60.2 cm³/mol.